The van der Waals surface area contributed by atoms with E-state index in [0.717, 1.165) is 22.9 Å². The van der Waals surface area contributed by atoms with Crippen molar-refractivity contribution in [2.24, 2.45) is 0 Å². The molecule has 3 heteroatoms. The van der Waals surface area contributed by atoms with Gasteiger partial charge in [-0.25, -0.2) is 0 Å². The lowest BCUT2D eigenvalue weighted by Gasteiger charge is -2.25. The normalized spacial score (nSPS) is 11.4. The zero-order chi connectivity index (χ0) is 13.1. The van der Waals surface area contributed by atoms with E-state index in [1.165, 1.54) is 5.56 Å². The Bertz CT molecular complexity index is 413. The Balaban J connectivity index is 2.80. The molecule has 1 aromatic rings. The molecule has 0 bridgehead atoms. The number of rotatable bonds is 4. The molecule has 0 saturated carbocycles. The van der Waals surface area contributed by atoms with Gasteiger partial charge in [0.05, 0.1) is 0 Å². The molecular weight excluding hydrogens is 278 g/mol. The van der Waals surface area contributed by atoms with Gasteiger partial charge in [-0.1, -0.05) is 22.0 Å². The van der Waals surface area contributed by atoms with Crippen LogP contribution in [0.1, 0.15) is 41.8 Å². The van der Waals surface area contributed by atoms with Gasteiger partial charge in [0, 0.05) is 16.4 Å². The molecule has 2 nitrogen and oxygen atoms in total. The second-order valence-electron chi connectivity index (χ2n) is 5.08. The lowest BCUT2D eigenvalue weighted by Crippen LogP contribution is -2.43. The maximum absolute atomic E-state index is 12.1. The summed E-state index contributed by atoms with van der Waals surface area (Å²) in [6, 6.07) is 5.80. The molecule has 0 fully saturated rings. The van der Waals surface area contributed by atoms with Gasteiger partial charge in [-0.05, 0) is 57.4 Å². The molecule has 0 atom stereocenters. The second kappa shape index (κ2) is 5.67. The first-order valence-corrected chi connectivity index (χ1v) is 6.93. The average molecular weight is 298 g/mol. The van der Waals surface area contributed by atoms with Gasteiger partial charge in [-0.15, -0.1) is 0 Å². The highest BCUT2D eigenvalue weighted by Crippen LogP contribution is 2.14. The number of hydrogen-bond donors (Lipinski definition) is 1. The van der Waals surface area contributed by atoms with Crippen molar-refractivity contribution in [2.45, 2.75) is 39.7 Å². The van der Waals surface area contributed by atoms with Gasteiger partial charge in [-0.2, -0.15) is 0 Å². The molecule has 0 radical (unpaired) electrons. The number of aryl methyl sites for hydroxylation is 2. The highest BCUT2D eigenvalue weighted by Gasteiger charge is 2.20. The SMILES string of the molecule is Cc1ccc(C(=O)NC(C)(C)CCBr)cc1C. The van der Waals surface area contributed by atoms with Crippen LogP contribution in [0, 0.1) is 13.8 Å². The summed E-state index contributed by atoms with van der Waals surface area (Å²) in [6.07, 6.45) is 0.906. The van der Waals surface area contributed by atoms with Crippen molar-refractivity contribution in [1.82, 2.24) is 5.32 Å². The largest absolute Gasteiger partial charge is 0.347 e. The van der Waals surface area contributed by atoms with E-state index in [4.69, 9.17) is 0 Å². The molecule has 0 aliphatic carbocycles. The van der Waals surface area contributed by atoms with Crippen molar-refractivity contribution in [1.29, 1.82) is 0 Å². The van der Waals surface area contributed by atoms with E-state index in [9.17, 15) is 4.79 Å². The molecule has 1 N–H and O–H groups in total. The summed E-state index contributed by atoms with van der Waals surface area (Å²) in [6.45, 7) is 8.14. The van der Waals surface area contributed by atoms with Gasteiger partial charge in [0.25, 0.3) is 5.91 Å². The molecule has 0 saturated heterocycles. The Morgan fingerprint density at radius 1 is 1.29 bits per heavy atom. The van der Waals surface area contributed by atoms with Gasteiger partial charge in [-0.3, -0.25) is 4.79 Å². The topological polar surface area (TPSA) is 29.1 Å². The van der Waals surface area contributed by atoms with Gasteiger partial charge in [0.1, 0.15) is 0 Å². The molecular formula is C14H20BrNO. The van der Waals surface area contributed by atoms with Crippen LogP contribution in [0.5, 0.6) is 0 Å². The number of amides is 1. The van der Waals surface area contributed by atoms with Crippen molar-refractivity contribution < 1.29 is 4.79 Å². The zero-order valence-electron chi connectivity index (χ0n) is 10.9. The second-order valence-corrected chi connectivity index (χ2v) is 5.87. The predicted octanol–water partition coefficient (Wildman–Crippen LogP) is 3.60. The summed E-state index contributed by atoms with van der Waals surface area (Å²) in [4.78, 5) is 12.1. The molecule has 1 aromatic carbocycles. The van der Waals surface area contributed by atoms with E-state index in [1.807, 2.05) is 45.9 Å². The quantitative estimate of drug-likeness (QED) is 0.846. The minimum absolute atomic E-state index is 0.000880. The smallest absolute Gasteiger partial charge is 0.251 e. The van der Waals surface area contributed by atoms with Crippen molar-refractivity contribution >= 4 is 21.8 Å². The molecule has 0 spiro atoms. The third-order valence-corrected chi connectivity index (χ3v) is 3.34. The van der Waals surface area contributed by atoms with Crippen molar-refractivity contribution in [3.63, 3.8) is 0 Å². The van der Waals surface area contributed by atoms with Crippen LogP contribution in [-0.2, 0) is 0 Å². The summed E-state index contributed by atoms with van der Waals surface area (Å²) >= 11 is 3.40. The highest BCUT2D eigenvalue weighted by atomic mass is 79.9. The van der Waals surface area contributed by atoms with Crippen molar-refractivity contribution in [3.05, 3.63) is 34.9 Å². The monoisotopic (exact) mass is 297 g/mol. The molecule has 17 heavy (non-hydrogen) atoms. The summed E-state index contributed by atoms with van der Waals surface area (Å²) in [7, 11) is 0. The van der Waals surface area contributed by atoms with E-state index < -0.39 is 0 Å². The number of alkyl halides is 1. The van der Waals surface area contributed by atoms with E-state index >= 15 is 0 Å². The minimum Gasteiger partial charge on any atom is -0.347 e. The summed E-state index contributed by atoms with van der Waals surface area (Å²) in [5, 5.41) is 3.93. The molecule has 0 aromatic heterocycles. The number of halogens is 1. The Kier molecular flexibility index (Phi) is 4.75. The van der Waals surface area contributed by atoms with Crippen LogP contribution in [0.15, 0.2) is 18.2 Å². The fourth-order valence-electron chi connectivity index (χ4n) is 1.56. The standard InChI is InChI=1S/C14H20BrNO/c1-10-5-6-12(9-11(10)2)13(17)16-14(3,4)7-8-15/h5-6,9H,7-8H2,1-4H3,(H,16,17). The minimum atomic E-state index is -0.181. The maximum Gasteiger partial charge on any atom is 0.251 e. The summed E-state index contributed by atoms with van der Waals surface area (Å²) < 4.78 is 0. The van der Waals surface area contributed by atoms with Gasteiger partial charge in [0.2, 0.25) is 0 Å². The maximum atomic E-state index is 12.1. The van der Waals surface area contributed by atoms with Crippen LogP contribution in [0.25, 0.3) is 0 Å². The average Bonchev–Trinajstić information content (AvgIpc) is 2.21. The predicted molar refractivity (Wildman–Crippen MR) is 75.9 cm³/mol. The zero-order valence-corrected chi connectivity index (χ0v) is 12.5. The van der Waals surface area contributed by atoms with Crippen molar-refractivity contribution in [3.8, 4) is 0 Å². The van der Waals surface area contributed by atoms with Crippen LogP contribution in [-0.4, -0.2) is 16.8 Å². The fourth-order valence-corrected chi connectivity index (χ4v) is 2.55. The van der Waals surface area contributed by atoms with E-state index in [-0.39, 0.29) is 11.4 Å². The first kappa shape index (κ1) is 14.2. The first-order chi connectivity index (χ1) is 7.85. The molecule has 94 valence electrons. The van der Waals surface area contributed by atoms with E-state index in [2.05, 4.69) is 21.2 Å². The Hall–Kier alpha value is -0.830. The Labute approximate surface area is 112 Å². The number of hydrogen-bond acceptors (Lipinski definition) is 1. The molecule has 0 aliphatic rings. The van der Waals surface area contributed by atoms with E-state index in [0.29, 0.717) is 0 Å². The molecule has 0 heterocycles. The van der Waals surface area contributed by atoms with E-state index in [1.54, 1.807) is 0 Å². The molecule has 1 rings (SSSR count). The number of nitrogens with one attached hydrogen (secondary N) is 1. The fraction of sp³-hybridized carbons (Fsp3) is 0.500. The van der Waals surface area contributed by atoms with Gasteiger partial charge < -0.3 is 5.32 Å². The lowest BCUT2D eigenvalue weighted by atomic mass is 10.0. The third-order valence-electron chi connectivity index (χ3n) is 2.94. The van der Waals surface area contributed by atoms with Crippen molar-refractivity contribution in [2.75, 3.05) is 5.33 Å². The number of carbonyl (C=O) groups excluding carboxylic acids is 1. The van der Waals surface area contributed by atoms with Crippen LogP contribution in [0.2, 0.25) is 0 Å². The van der Waals surface area contributed by atoms with Crippen LogP contribution in [0.4, 0.5) is 0 Å². The van der Waals surface area contributed by atoms with Gasteiger partial charge in [0.15, 0.2) is 0 Å². The molecule has 1 amide bonds. The number of carbonyl (C=O) groups is 1. The lowest BCUT2D eigenvalue weighted by molar-refractivity contribution is 0.0912. The van der Waals surface area contributed by atoms with Crippen LogP contribution < -0.4 is 5.32 Å². The molecule has 0 unspecified atom stereocenters. The molecule has 0 aliphatic heterocycles. The van der Waals surface area contributed by atoms with Gasteiger partial charge >= 0.3 is 0 Å². The first-order valence-electron chi connectivity index (χ1n) is 5.81. The van der Waals surface area contributed by atoms with Crippen LogP contribution in [0.3, 0.4) is 0 Å². The Morgan fingerprint density at radius 2 is 1.94 bits per heavy atom. The third kappa shape index (κ3) is 4.15. The number of benzene rings is 1. The Morgan fingerprint density at radius 3 is 2.47 bits per heavy atom. The van der Waals surface area contributed by atoms with Crippen LogP contribution >= 0.6 is 15.9 Å². The summed E-state index contributed by atoms with van der Waals surface area (Å²) in [5.74, 6) is -0.000880. The summed E-state index contributed by atoms with van der Waals surface area (Å²) in [5.41, 5.74) is 2.91. The highest BCUT2D eigenvalue weighted by molar-refractivity contribution is 9.09.